The van der Waals surface area contributed by atoms with Crippen molar-refractivity contribution in [3.63, 3.8) is 0 Å². The maximum atomic E-state index is 10.6. The average molecular weight is 182 g/mol. The van der Waals surface area contributed by atoms with E-state index in [4.69, 9.17) is 5.11 Å². The molecular weight excluding hydrogens is 172 g/mol. The first kappa shape index (κ1) is 7.80. The zero-order chi connectivity index (χ0) is 8.72. The Hall–Kier alpha value is -0.830. The molecule has 2 nitrogen and oxygen atoms in total. The van der Waals surface area contributed by atoms with Crippen molar-refractivity contribution < 1.29 is 9.90 Å². The highest BCUT2D eigenvalue weighted by molar-refractivity contribution is 7.12. The second-order valence-corrected chi connectivity index (χ2v) is 4.55. The summed E-state index contributed by atoms with van der Waals surface area (Å²) in [5.41, 5.74) is 0. The van der Waals surface area contributed by atoms with Crippen LogP contribution in [-0.2, 0) is 4.79 Å². The van der Waals surface area contributed by atoms with Gasteiger partial charge in [0.2, 0.25) is 0 Å². The molecule has 3 heteroatoms. The Balaban J connectivity index is 2.10. The summed E-state index contributed by atoms with van der Waals surface area (Å²) in [6.07, 6.45) is 0.829. The van der Waals surface area contributed by atoms with Gasteiger partial charge in [0.15, 0.2) is 0 Å². The molecule has 1 aliphatic carbocycles. The van der Waals surface area contributed by atoms with E-state index in [1.807, 2.05) is 13.0 Å². The first-order chi connectivity index (χ1) is 5.68. The molecule has 0 amide bonds. The van der Waals surface area contributed by atoms with E-state index in [-0.39, 0.29) is 5.92 Å². The van der Waals surface area contributed by atoms with Crippen molar-refractivity contribution in [3.05, 3.63) is 21.9 Å². The molecule has 0 radical (unpaired) electrons. The van der Waals surface area contributed by atoms with Gasteiger partial charge in [-0.15, -0.1) is 11.3 Å². The fourth-order valence-corrected chi connectivity index (χ4v) is 2.49. The minimum absolute atomic E-state index is 0.108. The van der Waals surface area contributed by atoms with Crippen LogP contribution < -0.4 is 0 Å². The normalized spacial score (nSPS) is 27.1. The molecule has 0 saturated heterocycles. The first-order valence-electron chi connectivity index (χ1n) is 3.97. The summed E-state index contributed by atoms with van der Waals surface area (Å²) in [6, 6.07) is 4.10. The van der Waals surface area contributed by atoms with Gasteiger partial charge in [-0.25, -0.2) is 0 Å². The van der Waals surface area contributed by atoms with Crippen LogP contribution in [0.15, 0.2) is 12.1 Å². The zero-order valence-corrected chi connectivity index (χ0v) is 7.60. The lowest BCUT2D eigenvalue weighted by atomic mass is 10.3. The number of aryl methyl sites for hydroxylation is 1. The standard InChI is InChI=1S/C9H10O2S/c1-5-2-3-8(12-5)6-4-7(6)9(10)11/h2-3,6-7H,4H2,1H3,(H,10,11)/t6-,7-/m0/s1. The van der Waals surface area contributed by atoms with Gasteiger partial charge in [-0.05, 0) is 25.5 Å². The molecule has 2 atom stereocenters. The first-order valence-corrected chi connectivity index (χ1v) is 4.79. The van der Waals surface area contributed by atoms with Gasteiger partial charge >= 0.3 is 5.97 Å². The van der Waals surface area contributed by atoms with Gasteiger partial charge in [-0.3, -0.25) is 4.79 Å². The summed E-state index contributed by atoms with van der Waals surface area (Å²) in [7, 11) is 0. The minimum Gasteiger partial charge on any atom is -0.481 e. The summed E-state index contributed by atoms with van der Waals surface area (Å²) in [5.74, 6) is -0.449. The molecule has 0 unspecified atom stereocenters. The Labute approximate surface area is 74.8 Å². The number of carboxylic acid groups (broad SMARTS) is 1. The van der Waals surface area contributed by atoms with Crippen LogP contribution in [0.2, 0.25) is 0 Å². The predicted molar refractivity (Wildman–Crippen MR) is 47.5 cm³/mol. The topological polar surface area (TPSA) is 37.3 Å². The van der Waals surface area contributed by atoms with E-state index in [1.165, 1.54) is 9.75 Å². The maximum absolute atomic E-state index is 10.6. The van der Waals surface area contributed by atoms with E-state index in [0.717, 1.165) is 6.42 Å². The van der Waals surface area contributed by atoms with Gasteiger partial charge in [0.05, 0.1) is 5.92 Å². The number of hydrogen-bond donors (Lipinski definition) is 1. The highest BCUT2D eigenvalue weighted by atomic mass is 32.1. The third kappa shape index (κ3) is 1.25. The van der Waals surface area contributed by atoms with Crippen LogP contribution in [-0.4, -0.2) is 11.1 Å². The third-order valence-electron chi connectivity index (χ3n) is 2.23. The molecule has 0 aromatic carbocycles. The van der Waals surface area contributed by atoms with Crippen molar-refractivity contribution in [1.29, 1.82) is 0 Å². The highest BCUT2D eigenvalue weighted by Crippen LogP contribution is 2.49. The zero-order valence-electron chi connectivity index (χ0n) is 6.78. The summed E-state index contributed by atoms with van der Waals surface area (Å²) >= 11 is 1.72. The lowest BCUT2D eigenvalue weighted by Crippen LogP contribution is -1.97. The molecule has 1 fully saturated rings. The minimum atomic E-state index is -0.647. The van der Waals surface area contributed by atoms with Gasteiger partial charge in [0.25, 0.3) is 0 Å². The molecule has 0 bridgehead atoms. The van der Waals surface area contributed by atoms with Crippen LogP contribution in [0.4, 0.5) is 0 Å². The van der Waals surface area contributed by atoms with Crippen LogP contribution in [0.25, 0.3) is 0 Å². The quantitative estimate of drug-likeness (QED) is 0.761. The molecule has 1 N–H and O–H groups in total. The Kier molecular flexibility index (Phi) is 1.68. The van der Waals surface area contributed by atoms with Crippen molar-refractivity contribution in [2.75, 3.05) is 0 Å². The smallest absolute Gasteiger partial charge is 0.307 e. The summed E-state index contributed by atoms with van der Waals surface area (Å²) in [5, 5.41) is 8.70. The van der Waals surface area contributed by atoms with Gasteiger partial charge in [0, 0.05) is 15.7 Å². The van der Waals surface area contributed by atoms with Crippen molar-refractivity contribution >= 4 is 17.3 Å². The van der Waals surface area contributed by atoms with Gasteiger partial charge in [-0.2, -0.15) is 0 Å². The van der Waals surface area contributed by atoms with E-state index in [9.17, 15) is 4.79 Å². The van der Waals surface area contributed by atoms with E-state index in [2.05, 4.69) is 6.07 Å². The largest absolute Gasteiger partial charge is 0.481 e. The summed E-state index contributed by atoms with van der Waals surface area (Å²) in [6.45, 7) is 2.05. The average Bonchev–Trinajstić information content (AvgIpc) is 2.70. The molecule has 2 rings (SSSR count). The van der Waals surface area contributed by atoms with E-state index >= 15 is 0 Å². The van der Waals surface area contributed by atoms with E-state index in [1.54, 1.807) is 11.3 Å². The second-order valence-electron chi connectivity index (χ2n) is 3.24. The second kappa shape index (κ2) is 2.59. The Morgan fingerprint density at radius 2 is 2.42 bits per heavy atom. The summed E-state index contributed by atoms with van der Waals surface area (Å²) < 4.78 is 0. The van der Waals surface area contributed by atoms with Crippen molar-refractivity contribution in [1.82, 2.24) is 0 Å². The van der Waals surface area contributed by atoms with Crippen molar-refractivity contribution in [3.8, 4) is 0 Å². The van der Waals surface area contributed by atoms with Crippen LogP contribution in [0.3, 0.4) is 0 Å². The van der Waals surface area contributed by atoms with E-state index in [0.29, 0.717) is 5.92 Å². The van der Waals surface area contributed by atoms with Crippen molar-refractivity contribution in [2.24, 2.45) is 5.92 Å². The number of carboxylic acids is 1. The van der Waals surface area contributed by atoms with Crippen molar-refractivity contribution in [2.45, 2.75) is 19.3 Å². The number of rotatable bonds is 2. The molecule has 0 spiro atoms. The van der Waals surface area contributed by atoms with E-state index < -0.39 is 5.97 Å². The highest BCUT2D eigenvalue weighted by Gasteiger charge is 2.44. The number of thiophene rings is 1. The fraction of sp³-hybridized carbons (Fsp3) is 0.444. The number of hydrogen-bond acceptors (Lipinski definition) is 2. The molecule has 1 heterocycles. The summed E-state index contributed by atoms with van der Waals surface area (Å²) in [4.78, 5) is 13.1. The van der Waals surface area contributed by atoms with Crippen LogP contribution in [0, 0.1) is 12.8 Å². The van der Waals surface area contributed by atoms with Gasteiger partial charge < -0.3 is 5.11 Å². The molecule has 1 aromatic heterocycles. The Morgan fingerprint density at radius 3 is 2.83 bits per heavy atom. The molecule has 64 valence electrons. The predicted octanol–water partition coefficient (Wildman–Crippen LogP) is 2.24. The monoisotopic (exact) mass is 182 g/mol. The fourth-order valence-electron chi connectivity index (χ4n) is 1.44. The molecule has 12 heavy (non-hydrogen) atoms. The molecule has 1 aliphatic rings. The molecule has 0 aliphatic heterocycles. The van der Waals surface area contributed by atoms with Crippen LogP contribution in [0.1, 0.15) is 22.1 Å². The van der Waals surface area contributed by atoms with Crippen LogP contribution in [0.5, 0.6) is 0 Å². The maximum Gasteiger partial charge on any atom is 0.307 e. The van der Waals surface area contributed by atoms with Crippen LogP contribution >= 0.6 is 11.3 Å². The van der Waals surface area contributed by atoms with Gasteiger partial charge in [-0.1, -0.05) is 0 Å². The number of aliphatic carboxylic acids is 1. The molecule has 1 saturated carbocycles. The van der Waals surface area contributed by atoms with Gasteiger partial charge in [0.1, 0.15) is 0 Å². The Bertz CT molecular complexity index is 316. The molecular formula is C9H10O2S. The SMILES string of the molecule is Cc1ccc([C@H]2C[C@@H]2C(=O)O)s1. The molecule has 1 aromatic rings. The third-order valence-corrected chi connectivity index (χ3v) is 3.37. The number of carbonyl (C=O) groups is 1. The Morgan fingerprint density at radius 1 is 1.67 bits per heavy atom. The lowest BCUT2D eigenvalue weighted by molar-refractivity contribution is -0.138. The lowest BCUT2D eigenvalue weighted by Gasteiger charge is -1.89.